The van der Waals surface area contributed by atoms with Crippen molar-refractivity contribution < 1.29 is 35.9 Å². The number of halogens is 3. The van der Waals surface area contributed by atoms with Crippen molar-refractivity contribution >= 4 is 21.7 Å². The van der Waals surface area contributed by atoms with Gasteiger partial charge in [0.2, 0.25) is 0 Å². The number of sulfonamides is 1. The molecule has 220 valence electrons. The second kappa shape index (κ2) is 10.3. The molecule has 1 aromatic carbocycles. The lowest BCUT2D eigenvalue weighted by atomic mass is 9.54. The van der Waals surface area contributed by atoms with Gasteiger partial charge in [-0.05, 0) is 96.8 Å². The molecular weight excluding hydrogens is 555 g/mol. The number of allylic oxidation sites excluding steroid dienone is 7. The van der Waals surface area contributed by atoms with Gasteiger partial charge in [0.25, 0.3) is 15.9 Å². The summed E-state index contributed by atoms with van der Waals surface area (Å²) in [6.07, 6.45) is 9.65. The number of ether oxygens (including phenoxy) is 1. The van der Waals surface area contributed by atoms with Crippen LogP contribution in [0.4, 0.5) is 13.2 Å². The molecule has 4 aliphatic rings. The number of fused-ring (bicyclic) bond motifs is 4. The number of carbonyl (C=O) groups excluding carboxylic acids is 2. The minimum absolute atomic E-state index is 0.0188. The van der Waals surface area contributed by atoms with E-state index in [9.17, 15) is 31.2 Å². The lowest BCUT2D eigenvalue weighted by Gasteiger charge is -2.50. The van der Waals surface area contributed by atoms with Crippen molar-refractivity contribution in [3.63, 3.8) is 0 Å². The van der Waals surface area contributed by atoms with E-state index in [0.29, 0.717) is 18.3 Å². The molecule has 10 heteroatoms. The van der Waals surface area contributed by atoms with E-state index in [2.05, 4.69) is 30.7 Å². The van der Waals surface area contributed by atoms with Crippen molar-refractivity contribution in [2.75, 3.05) is 0 Å². The van der Waals surface area contributed by atoms with E-state index in [1.165, 1.54) is 17.2 Å². The molecule has 0 saturated heterocycles. The highest BCUT2D eigenvalue weighted by atomic mass is 32.2. The van der Waals surface area contributed by atoms with Gasteiger partial charge in [0.05, 0.1) is 4.90 Å². The number of rotatable bonds is 6. The molecule has 1 N–H and O–H groups in total. The molecule has 5 atom stereocenters. The van der Waals surface area contributed by atoms with E-state index in [1.807, 2.05) is 17.7 Å². The molecule has 0 bridgehead atoms. The Morgan fingerprint density at radius 3 is 2.49 bits per heavy atom. The third kappa shape index (κ3) is 5.55. The van der Waals surface area contributed by atoms with Crippen LogP contribution in [0.1, 0.15) is 59.3 Å². The fourth-order valence-electron chi connectivity index (χ4n) is 7.64. The number of hydrogen-bond acceptors (Lipinski definition) is 5. The third-order valence-electron chi connectivity index (χ3n) is 9.77. The topological polar surface area (TPSA) is 89.5 Å². The smallest absolute Gasteiger partial charge is 0.406 e. The summed E-state index contributed by atoms with van der Waals surface area (Å²) < 4.78 is 68.0. The number of ketones is 1. The zero-order valence-electron chi connectivity index (χ0n) is 23.3. The summed E-state index contributed by atoms with van der Waals surface area (Å²) in [4.78, 5) is 24.2. The molecule has 0 spiro atoms. The average Bonchev–Trinajstić information content (AvgIpc) is 3.24. The van der Waals surface area contributed by atoms with E-state index >= 15 is 0 Å². The predicted octanol–water partition coefficient (Wildman–Crippen LogP) is 6.57. The summed E-state index contributed by atoms with van der Waals surface area (Å²) in [5, 5.41) is 0. The van der Waals surface area contributed by atoms with Gasteiger partial charge in [-0.3, -0.25) is 9.59 Å². The fraction of sp³-hybridized carbons (Fsp3) is 0.484. The molecule has 4 aliphatic carbocycles. The Kier molecular flexibility index (Phi) is 7.37. The van der Waals surface area contributed by atoms with E-state index in [0.717, 1.165) is 61.9 Å². The van der Waals surface area contributed by atoms with Crippen LogP contribution in [-0.2, 0) is 19.6 Å². The number of carbonyl (C=O) groups is 2. The van der Waals surface area contributed by atoms with Crippen LogP contribution >= 0.6 is 0 Å². The Bertz CT molecular complexity index is 1490. The Labute approximate surface area is 238 Å². The van der Waals surface area contributed by atoms with Crippen molar-refractivity contribution in [3.05, 3.63) is 71.4 Å². The molecule has 0 heterocycles. The molecule has 1 aromatic rings. The normalized spacial score (nSPS) is 30.4. The Morgan fingerprint density at radius 2 is 1.80 bits per heavy atom. The molecule has 1 unspecified atom stereocenters. The van der Waals surface area contributed by atoms with Crippen LogP contribution in [-0.4, -0.2) is 26.5 Å². The summed E-state index contributed by atoms with van der Waals surface area (Å²) in [6, 6.07) is 3.64. The van der Waals surface area contributed by atoms with Crippen molar-refractivity contribution in [1.29, 1.82) is 0 Å². The van der Waals surface area contributed by atoms with Gasteiger partial charge in [-0.2, -0.15) is 0 Å². The molecule has 1 saturated carbocycles. The van der Waals surface area contributed by atoms with Crippen LogP contribution in [0.15, 0.2) is 76.3 Å². The first-order valence-corrected chi connectivity index (χ1v) is 15.4. The maximum Gasteiger partial charge on any atom is 0.573 e. The van der Waals surface area contributed by atoms with Gasteiger partial charge >= 0.3 is 6.36 Å². The first kappa shape index (κ1) is 29.4. The minimum Gasteiger partial charge on any atom is -0.406 e. The van der Waals surface area contributed by atoms with Crippen LogP contribution in [0.3, 0.4) is 0 Å². The monoisotopic (exact) mass is 589 g/mol. The Hall–Kier alpha value is -3.14. The van der Waals surface area contributed by atoms with E-state index in [-0.39, 0.29) is 27.4 Å². The molecule has 1 fully saturated rings. The zero-order valence-corrected chi connectivity index (χ0v) is 24.1. The first-order valence-electron chi connectivity index (χ1n) is 13.9. The van der Waals surface area contributed by atoms with E-state index in [4.69, 9.17) is 0 Å². The van der Waals surface area contributed by atoms with Crippen LogP contribution in [0.5, 0.6) is 5.75 Å². The molecule has 0 aromatic heterocycles. The molecule has 6 nitrogen and oxygen atoms in total. The summed E-state index contributed by atoms with van der Waals surface area (Å²) in [5.74, 6) is -0.486. The third-order valence-corrected chi connectivity index (χ3v) is 11.1. The van der Waals surface area contributed by atoms with Crippen LogP contribution in [0, 0.1) is 28.6 Å². The van der Waals surface area contributed by atoms with Gasteiger partial charge < -0.3 is 4.74 Å². The number of alkyl halides is 3. The highest BCUT2D eigenvalue weighted by Crippen LogP contribution is 2.63. The van der Waals surface area contributed by atoms with Crippen LogP contribution < -0.4 is 9.46 Å². The van der Waals surface area contributed by atoms with Gasteiger partial charge in [0, 0.05) is 17.9 Å². The molecule has 1 amide bonds. The Morgan fingerprint density at radius 1 is 1.10 bits per heavy atom. The highest BCUT2D eigenvalue weighted by molar-refractivity contribution is 7.90. The van der Waals surface area contributed by atoms with Crippen molar-refractivity contribution in [2.45, 2.75) is 70.6 Å². The second-order valence-corrected chi connectivity index (χ2v) is 13.8. The maximum absolute atomic E-state index is 12.6. The fourth-order valence-corrected chi connectivity index (χ4v) is 8.58. The molecule has 0 aliphatic heterocycles. The van der Waals surface area contributed by atoms with E-state index in [1.54, 1.807) is 6.08 Å². The molecule has 5 rings (SSSR count). The van der Waals surface area contributed by atoms with Gasteiger partial charge in [-0.25, -0.2) is 13.1 Å². The number of benzene rings is 1. The quantitative estimate of drug-likeness (QED) is 0.379. The van der Waals surface area contributed by atoms with E-state index < -0.39 is 28.0 Å². The second-order valence-electron chi connectivity index (χ2n) is 12.1. The molecular formula is C31H34F3NO5S. The molecule has 0 radical (unpaired) electrons. The number of hydrogen-bond donors (Lipinski definition) is 1. The summed E-state index contributed by atoms with van der Waals surface area (Å²) >= 11 is 0. The summed E-state index contributed by atoms with van der Waals surface area (Å²) in [5.41, 5.74) is 3.93. The summed E-state index contributed by atoms with van der Waals surface area (Å²) in [7, 11) is -4.28. The first-order chi connectivity index (χ1) is 19.1. The lowest BCUT2D eigenvalue weighted by Crippen LogP contribution is -2.40. The SMILES string of the molecule is C[C@H](/C=C/C(=O)NS(=O)(=O)c1ccc(OC(F)(F)F)cc1)[C@H]1CCC2C3=C(CC[C@@]21C)[C@@]1(C)CCC(=O)C=C1C=C3. The number of amides is 1. The highest BCUT2D eigenvalue weighted by Gasteiger charge is 2.53. The molecule has 41 heavy (non-hydrogen) atoms. The minimum atomic E-state index is -4.90. The van der Waals surface area contributed by atoms with Gasteiger partial charge in [-0.15, -0.1) is 13.2 Å². The van der Waals surface area contributed by atoms with Crippen molar-refractivity contribution in [1.82, 2.24) is 4.72 Å². The van der Waals surface area contributed by atoms with Gasteiger partial charge in [0.15, 0.2) is 5.78 Å². The largest absolute Gasteiger partial charge is 0.573 e. The van der Waals surface area contributed by atoms with Crippen LogP contribution in [0.25, 0.3) is 0 Å². The van der Waals surface area contributed by atoms with Gasteiger partial charge in [0.1, 0.15) is 5.75 Å². The standard InChI is InChI=1S/C31H34F3NO5S/c1-19(4-13-28(37)35-41(38,39)23-8-6-22(7-9-23)40-31(32,33)34)25-11-12-26-24-10-5-20-18-21(36)14-16-29(20,2)27(24)15-17-30(25,26)3/h4-10,13,18-19,25-26H,11-12,14-17H2,1-3H3,(H,35,37)/b13-4+/t19-,25-,26?,29+,30-/m1/s1. The predicted molar refractivity (Wildman–Crippen MR) is 147 cm³/mol. The number of nitrogens with one attached hydrogen (secondary N) is 1. The van der Waals surface area contributed by atoms with Crippen molar-refractivity contribution in [2.24, 2.45) is 28.6 Å². The van der Waals surface area contributed by atoms with Gasteiger partial charge in [-0.1, -0.05) is 44.6 Å². The summed E-state index contributed by atoms with van der Waals surface area (Å²) in [6.45, 7) is 6.64. The van der Waals surface area contributed by atoms with Crippen LogP contribution in [0.2, 0.25) is 0 Å². The zero-order chi connectivity index (χ0) is 29.8. The Balaban J connectivity index is 1.26. The van der Waals surface area contributed by atoms with Crippen molar-refractivity contribution in [3.8, 4) is 5.75 Å². The lowest BCUT2D eigenvalue weighted by molar-refractivity contribution is -0.274. The maximum atomic E-state index is 12.6. The average molecular weight is 590 g/mol.